The Hall–Kier alpha value is -1.55. The highest BCUT2D eigenvalue weighted by molar-refractivity contribution is 9.09. The van der Waals surface area contributed by atoms with Crippen LogP contribution in [0.3, 0.4) is 0 Å². The Morgan fingerprint density at radius 3 is 2.74 bits per heavy atom. The number of amides is 1. The highest BCUT2D eigenvalue weighted by Crippen LogP contribution is 2.21. The number of nitrogens with one attached hydrogen (secondary N) is 1. The zero-order valence-corrected chi connectivity index (χ0v) is 12.3. The van der Waals surface area contributed by atoms with Gasteiger partial charge in [-0.05, 0) is 11.6 Å². The van der Waals surface area contributed by atoms with E-state index in [2.05, 4.69) is 21.2 Å². The molecular weight excluding hydrogens is 306 g/mol. The summed E-state index contributed by atoms with van der Waals surface area (Å²) in [6.45, 7) is 2.50. The van der Waals surface area contributed by atoms with Crippen LogP contribution in [0.15, 0.2) is 47.1 Å². The molecule has 1 atom stereocenters. The van der Waals surface area contributed by atoms with E-state index >= 15 is 0 Å². The lowest BCUT2D eigenvalue weighted by Gasteiger charge is -2.11. The van der Waals surface area contributed by atoms with E-state index in [1.54, 1.807) is 12.3 Å². The van der Waals surface area contributed by atoms with Crippen molar-refractivity contribution in [1.82, 2.24) is 5.32 Å². The van der Waals surface area contributed by atoms with Gasteiger partial charge in [-0.25, -0.2) is 0 Å². The third kappa shape index (κ3) is 3.47. The summed E-state index contributed by atoms with van der Waals surface area (Å²) in [5, 5.41) is 2.91. The fourth-order valence-electron chi connectivity index (χ4n) is 1.87. The number of hydrogen-bond donors (Lipinski definition) is 1. The quantitative estimate of drug-likeness (QED) is 0.853. The Balaban J connectivity index is 1.94. The molecule has 19 heavy (non-hydrogen) atoms. The summed E-state index contributed by atoms with van der Waals surface area (Å²) in [6, 6.07) is 11.7. The summed E-state index contributed by atoms with van der Waals surface area (Å²) in [6.07, 6.45) is 2.27. The molecule has 1 unspecified atom stereocenters. The van der Waals surface area contributed by atoms with E-state index in [-0.39, 0.29) is 10.7 Å². The maximum absolute atomic E-state index is 12.0. The van der Waals surface area contributed by atoms with Crippen LogP contribution in [0.4, 0.5) is 0 Å². The van der Waals surface area contributed by atoms with E-state index in [0.717, 1.165) is 11.3 Å². The highest BCUT2D eigenvalue weighted by Gasteiger charge is 2.14. The van der Waals surface area contributed by atoms with Crippen molar-refractivity contribution in [2.24, 2.45) is 0 Å². The Bertz CT molecular complexity index is 536. The first-order valence-corrected chi connectivity index (χ1v) is 7.17. The lowest BCUT2D eigenvalue weighted by atomic mass is 10.1. The second-order valence-electron chi connectivity index (χ2n) is 4.20. The lowest BCUT2D eigenvalue weighted by molar-refractivity contribution is 0.0952. The zero-order chi connectivity index (χ0) is 13.7. The molecular formula is C15H16BrNO2. The number of carbonyl (C=O) groups excluding carboxylic acids is 1. The van der Waals surface area contributed by atoms with Crippen LogP contribution in [0, 0.1) is 0 Å². The number of benzene rings is 1. The molecule has 2 aromatic rings. The van der Waals surface area contributed by atoms with Gasteiger partial charge in [0.25, 0.3) is 5.91 Å². The minimum absolute atomic E-state index is 0.0917. The summed E-state index contributed by atoms with van der Waals surface area (Å²) in [4.78, 5) is 12.1. The molecule has 4 heteroatoms. The molecule has 100 valence electrons. The molecule has 0 spiro atoms. The SMILES string of the molecule is CCc1occc1C(=O)NCC(Br)c1ccccc1. The molecule has 0 aliphatic heterocycles. The van der Waals surface area contributed by atoms with Crippen molar-refractivity contribution in [3.63, 3.8) is 0 Å². The molecule has 0 aliphatic carbocycles. The van der Waals surface area contributed by atoms with Crippen LogP contribution in [0.25, 0.3) is 0 Å². The molecule has 1 aromatic heterocycles. The van der Waals surface area contributed by atoms with Gasteiger partial charge in [0.2, 0.25) is 0 Å². The maximum Gasteiger partial charge on any atom is 0.254 e. The van der Waals surface area contributed by atoms with Crippen molar-refractivity contribution in [3.8, 4) is 0 Å². The molecule has 3 nitrogen and oxygen atoms in total. The van der Waals surface area contributed by atoms with E-state index < -0.39 is 0 Å². The van der Waals surface area contributed by atoms with Crippen molar-refractivity contribution in [1.29, 1.82) is 0 Å². The molecule has 1 amide bonds. The first-order chi connectivity index (χ1) is 9.22. The molecule has 2 rings (SSSR count). The van der Waals surface area contributed by atoms with Gasteiger partial charge < -0.3 is 9.73 Å². The van der Waals surface area contributed by atoms with E-state index in [1.165, 1.54) is 0 Å². The average Bonchev–Trinajstić information content (AvgIpc) is 2.93. The van der Waals surface area contributed by atoms with Gasteiger partial charge in [0, 0.05) is 13.0 Å². The zero-order valence-electron chi connectivity index (χ0n) is 10.7. The van der Waals surface area contributed by atoms with E-state index in [1.807, 2.05) is 37.3 Å². The van der Waals surface area contributed by atoms with Gasteiger partial charge in [-0.2, -0.15) is 0 Å². The summed E-state index contributed by atoms with van der Waals surface area (Å²) in [5.74, 6) is 0.634. The standard InChI is InChI=1S/C15H16BrNO2/c1-2-14-12(8-9-19-14)15(18)17-10-13(16)11-6-4-3-5-7-11/h3-9,13H,2,10H2,1H3,(H,17,18). The number of hydrogen-bond acceptors (Lipinski definition) is 2. The lowest BCUT2D eigenvalue weighted by Crippen LogP contribution is -2.27. The van der Waals surface area contributed by atoms with Crippen LogP contribution in [-0.2, 0) is 6.42 Å². The van der Waals surface area contributed by atoms with Crippen molar-refractivity contribution in [2.45, 2.75) is 18.2 Å². The number of rotatable bonds is 5. The minimum atomic E-state index is -0.0917. The summed E-state index contributed by atoms with van der Waals surface area (Å²) >= 11 is 3.58. The molecule has 1 aromatic carbocycles. The molecule has 0 aliphatic rings. The smallest absolute Gasteiger partial charge is 0.254 e. The van der Waals surface area contributed by atoms with Gasteiger partial charge in [-0.15, -0.1) is 0 Å². The number of aryl methyl sites for hydroxylation is 1. The summed E-state index contributed by atoms with van der Waals surface area (Å²) < 4.78 is 5.25. The van der Waals surface area contributed by atoms with Crippen molar-refractivity contribution >= 4 is 21.8 Å². The largest absolute Gasteiger partial charge is 0.469 e. The predicted octanol–water partition coefficient (Wildman–Crippen LogP) is 3.71. The first kappa shape index (κ1) is 13.9. The Kier molecular flexibility index (Phi) is 4.80. The van der Waals surface area contributed by atoms with Crippen molar-refractivity contribution < 1.29 is 9.21 Å². The van der Waals surface area contributed by atoms with Crippen LogP contribution in [0.5, 0.6) is 0 Å². The fourth-order valence-corrected chi connectivity index (χ4v) is 2.34. The Labute approximate surface area is 121 Å². The number of alkyl halides is 1. The highest BCUT2D eigenvalue weighted by atomic mass is 79.9. The van der Waals surface area contributed by atoms with Gasteiger partial charge in [0.15, 0.2) is 0 Å². The van der Waals surface area contributed by atoms with Gasteiger partial charge in [-0.1, -0.05) is 53.2 Å². The topological polar surface area (TPSA) is 42.2 Å². The second kappa shape index (κ2) is 6.57. The van der Waals surface area contributed by atoms with Gasteiger partial charge >= 0.3 is 0 Å². The summed E-state index contributed by atoms with van der Waals surface area (Å²) in [5.41, 5.74) is 1.76. The molecule has 0 fully saturated rings. The van der Waals surface area contributed by atoms with Crippen LogP contribution in [0.1, 0.15) is 33.4 Å². The maximum atomic E-state index is 12.0. The van der Waals surface area contributed by atoms with Crippen LogP contribution < -0.4 is 5.32 Å². The van der Waals surface area contributed by atoms with Gasteiger partial charge in [0.05, 0.1) is 16.7 Å². The number of carbonyl (C=O) groups is 1. The van der Waals surface area contributed by atoms with E-state index in [9.17, 15) is 4.79 Å². The average molecular weight is 322 g/mol. The van der Waals surface area contributed by atoms with Crippen LogP contribution in [0.2, 0.25) is 0 Å². The van der Waals surface area contributed by atoms with E-state index in [0.29, 0.717) is 18.5 Å². The van der Waals surface area contributed by atoms with Crippen molar-refractivity contribution in [2.75, 3.05) is 6.54 Å². The molecule has 1 N–H and O–H groups in total. The Morgan fingerprint density at radius 2 is 2.05 bits per heavy atom. The van der Waals surface area contributed by atoms with Crippen molar-refractivity contribution in [3.05, 3.63) is 59.5 Å². The first-order valence-electron chi connectivity index (χ1n) is 6.26. The van der Waals surface area contributed by atoms with E-state index in [4.69, 9.17) is 4.42 Å². The third-order valence-electron chi connectivity index (χ3n) is 2.91. The monoisotopic (exact) mass is 321 g/mol. The molecule has 0 saturated heterocycles. The van der Waals surface area contributed by atoms with Crippen LogP contribution >= 0.6 is 15.9 Å². The molecule has 0 bridgehead atoms. The Morgan fingerprint density at radius 1 is 1.32 bits per heavy atom. The summed E-state index contributed by atoms with van der Waals surface area (Å²) in [7, 11) is 0. The minimum Gasteiger partial charge on any atom is -0.469 e. The van der Waals surface area contributed by atoms with Crippen LogP contribution in [-0.4, -0.2) is 12.5 Å². The predicted molar refractivity (Wildman–Crippen MR) is 78.5 cm³/mol. The van der Waals surface area contributed by atoms with Gasteiger partial charge in [0.1, 0.15) is 5.76 Å². The normalized spacial score (nSPS) is 12.1. The van der Waals surface area contributed by atoms with Gasteiger partial charge in [-0.3, -0.25) is 4.79 Å². The molecule has 1 heterocycles. The number of halogens is 1. The third-order valence-corrected chi connectivity index (χ3v) is 3.77. The molecule has 0 saturated carbocycles. The number of furan rings is 1. The molecule has 0 radical (unpaired) electrons. The fraction of sp³-hybridized carbons (Fsp3) is 0.267. The second-order valence-corrected chi connectivity index (χ2v) is 5.30.